The van der Waals surface area contributed by atoms with E-state index in [0.717, 1.165) is 10.9 Å². The number of benzene rings is 1. The molecule has 26 heavy (non-hydrogen) atoms. The molecule has 7 nitrogen and oxygen atoms in total. The van der Waals surface area contributed by atoms with Crippen molar-refractivity contribution < 1.29 is 14.7 Å². The van der Waals surface area contributed by atoms with E-state index in [1.807, 2.05) is 24.3 Å². The van der Waals surface area contributed by atoms with Crippen LogP contribution in [-0.2, 0) is 18.4 Å². The quantitative estimate of drug-likeness (QED) is 0.779. The van der Waals surface area contributed by atoms with Crippen LogP contribution in [0.25, 0.3) is 10.9 Å². The Hall–Kier alpha value is -2.83. The van der Waals surface area contributed by atoms with E-state index in [1.165, 1.54) is 0 Å². The number of aromatic nitrogens is 1. The maximum absolute atomic E-state index is 12.4. The summed E-state index contributed by atoms with van der Waals surface area (Å²) in [6.45, 7) is 0.147. The van der Waals surface area contributed by atoms with Crippen molar-refractivity contribution in [1.82, 2.24) is 15.2 Å². The van der Waals surface area contributed by atoms with Gasteiger partial charge < -0.3 is 20.3 Å². The van der Waals surface area contributed by atoms with Crippen molar-refractivity contribution in [3.05, 3.63) is 46.2 Å². The predicted octanol–water partition coefficient (Wildman–Crippen LogP) is 1.98. The van der Waals surface area contributed by atoms with Crippen LogP contribution in [0.4, 0.5) is 4.79 Å². The Bertz CT molecular complexity index is 882. The van der Waals surface area contributed by atoms with Crippen molar-refractivity contribution in [1.29, 1.82) is 0 Å². The van der Waals surface area contributed by atoms with Crippen LogP contribution in [0, 0.1) is 5.92 Å². The van der Waals surface area contributed by atoms with Gasteiger partial charge in [0.05, 0.1) is 11.4 Å². The number of para-hydroxylation sites is 1. The zero-order chi connectivity index (χ0) is 18.7. The molecule has 2 aromatic rings. The van der Waals surface area contributed by atoms with Crippen LogP contribution >= 0.6 is 0 Å². The number of carboxylic acids is 1. The Morgan fingerprint density at radius 2 is 1.88 bits per heavy atom. The van der Waals surface area contributed by atoms with E-state index in [4.69, 9.17) is 5.11 Å². The first-order chi connectivity index (χ1) is 12.5. The lowest BCUT2D eigenvalue weighted by Crippen LogP contribution is -2.44. The molecule has 1 aromatic carbocycles. The van der Waals surface area contributed by atoms with Crippen molar-refractivity contribution in [3.8, 4) is 0 Å². The molecule has 2 amide bonds. The fourth-order valence-corrected chi connectivity index (χ4v) is 3.51. The number of carbonyl (C=O) groups is 2. The molecule has 3 N–H and O–H groups in total. The van der Waals surface area contributed by atoms with E-state index in [-0.39, 0.29) is 30.1 Å². The average Bonchev–Trinajstić information content (AvgIpc) is 2.64. The summed E-state index contributed by atoms with van der Waals surface area (Å²) in [5.41, 5.74) is 1.24. The van der Waals surface area contributed by atoms with Crippen molar-refractivity contribution in [2.45, 2.75) is 38.3 Å². The summed E-state index contributed by atoms with van der Waals surface area (Å²) in [6, 6.07) is 9.05. The van der Waals surface area contributed by atoms with Crippen molar-refractivity contribution in [2.75, 3.05) is 0 Å². The van der Waals surface area contributed by atoms with E-state index in [2.05, 4.69) is 10.6 Å². The molecule has 1 saturated carbocycles. The molecule has 1 fully saturated rings. The lowest BCUT2D eigenvalue weighted by Gasteiger charge is -2.26. The number of hydrogen-bond acceptors (Lipinski definition) is 3. The van der Waals surface area contributed by atoms with Crippen LogP contribution in [0.5, 0.6) is 0 Å². The summed E-state index contributed by atoms with van der Waals surface area (Å²) < 4.78 is 1.58. The predicted molar refractivity (Wildman–Crippen MR) is 97.9 cm³/mol. The highest BCUT2D eigenvalue weighted by Gasteiger charge is 2.26. The van der Waals surface area contributed by atoms with Crippen LogP contribution in [0.3, 0.4) is 0 Å². The summed E-state index contributed by atoms with van der Waals surface area (Å²) in [5.74, 6) is -1.07. The van der Waals surface area contributed by atoms with Crippen molar-refractivity contribution >= 4 is 22.9 Å². The molecule has 0 aliphatic heterocycles. The van der Waals surface area contributed by atoms with Gasteiger partial charge >= 0.3 is 12.0 Å². The highest BCUT2D eigenvalue weighted by Crippen LogP contribution is 2.24. The van der Waals surface area contributed by atoms with Gasteiger partial charge in [-0.3, -0.25) is 9.59 Å². The van der Waals surface area contributed by atoms with Gasteiger partial charge in [-0.05, 0) is 43.2 Å². The van der Waals surface area contributed by atoms with Crippen LogP contribution in [0.1, 0.15) is 31.2 Å². The molecular weight excluding hydrogens is 334 g/mol. The van der Waals surface area contributed by atoms with E-state index in [0.29, 0.717) is 31.2 Å². The Kier molecular flexibility index (Phi) is 5.25. The normalized spacial score (nSPS) is 19.9. The molecule has 0 saturated heterocycles. The molecule has 1 aromatic heterocycles. The zero-order valence-electron chi connectivity index (χ0n) is 14.7. The second-order valence-electron chi connectivity index (χ2n) is 6.81. The maximum Gasteiger partial charge on any atom is 0.315 e. The maximum atomic E-state index is 12.4. The Morgan fingerprint density at radius 3 is 2.58 bits per heavy atom. The highest BCUT2D eigenvalue weighted by atomic mass is 16.4. The number of nitrogens with zero attached hydrogens (tertiary/aromatic N) is 1. The molecule has 0 bridgehead atoms. The summed E-state index contributed by atoms with van der Waals surface area (Å²) in [4.78, 5) is 35.5. The van der Waals surface area contributed by atoms with Crippen LogP contribution < -0.4 is 16.2 Å². The Morgan fingerprint density at radius 1 is 1.19 bits per heavy atom. The number of carboxylic acid groups (broad SMARTS) is 1. The number of aryl methyl sites for hydroxylation is 1. The summed E-state index contributed by atoms with van der Waals surface area (Å²) >= 11 is 0. The molecule has 1 aliphatic carbocycles. The van der Waals surface area contributed by atoms with Gasteiger partial charge in [-0.15, -0.1) is 0 Å². The number of fused-ring (bicyclic) bond motifs is 1. The van der Waals surface area contributed by atoms with Gasteiger partial charge in [0.25, 0.3) is 5.56 Å². The van der Waals surface area contributed by atoms with Gasteiger partial charge in [0.1, 0.15) is 0 Å². The molecular formula is C19H23N3O4. The Balaban J connectivity index is 1.58. The smallest absolute Gasteiger partial charge is 0.315 e. The lowest BCUT2D eigenvalue weighted by molar-refractivity contribution is -0.142. The fraction of sp³-hybridized carbons (Fsp3) is 0.421. The van der Waals surface area contributed by atoms with Crippen LogP contribution in [-0.4, -0.2) is 27.7 Å². The van der Waals surface area contributed by atoms with Crippen LogP contribution in [0.15, 0.2) is 35.1 Å². The standard InChI is InChI=1S/C19H23N3O4/c1-22-16-5-3-2-4-13(16)10-14(17(22)23)11-20-19(26)21-15-8-6-12(7-9-15)18(24)25/h2-5,10,12,15H,6-9,11H2,1H3,(H,24,25)(H2,20,21,26). The fourth-order valence-electron chi connectivity index (χ4n) is 3.51. The van der Waals surface area contributed by atoms with Gasteiger partial charge in [0, 0.05) is 25.2 Å². The number of amides is 2. The topological polar surface area (TPSA) is 100 Å². The number of nitrogens with one attached hydrogen (secondary N) is 2. The highest BCUT2D eigenvalue weighted by molar-refractivity contribution is 5.80. The number of carbonyl (C=O) groups excluding carboxylic acids is 1. The molecule has 7 heteroatoms. The second-order valence-corrected chi connectivity index (χ2v) is 6.81. The Labute approximate surface area is 151 Å². The molecule has 0 spiro atoms. The molecule has 0 radical (unpaired) electrons. The van der Waals surface area contributed by atoms with Gasteiger partial charge in [0.2, 0.25) is 0 Å². The van der Waals surface area contributed by atoms with E-state index in [1.54, 1.807) is 17.7 Å². The second kappa shape index (κ2) is 7.59. The number of pyridine rings is 1. The minimum Gasteiger partial charge on any atom is -0.481 e. The third kappa shape index (κ3) is 3.87. The molecule has 1 heterocycles. The summed E-state index contributed by atoms with van der Waals surface area (Å²) in [6.07, 6.45) is 2.46. The van der Waals surface area contributed by atoms with Gasteiger partial charge in [-0.1, -0.05) is 18.2 Å². The van der Waals surface area contributed by atoms with E-state index < -0.39 is 5.97 Å². The first kappa shape index (κ1) is 18.0. The van der Waals surface area contributed by atoms with Crippen LogP contribution in [0.2, 0.25) is 0 Å². The molecule has 3 rings (SSSR count). The number of aliphatic carboxylic acids is 1. The average molecular weight is 357 g/mol. The zero-order valence-corrected chi connectivity index (χ0v) is 14.7. The third-order valence-electron chi connectivity index (χ3n) is 5.06. The minimum absolute atomic E-state index is 0.0231. The largest absolute Gasteiger partial charge is 0.481 e. The monoisotopic (exact) mass is 357 g/mol. The molecule has 0 atom stereocenters. The molecule has 1 aliphatic rings. The summed E-state index contributed by atoms with van der Waals surface area (Å²) in [7, 11) is 1.72. The summed E-state index contributed by atoms with van der Waals surface area (Å²) in [5, 5.41) is 15.6. The first-order valence-electron chi connectivity index (χ1n) is 8.80. The minimum atomic E-state index is -0.764. The van der Waals surface area contributed by atoms with Gasteiger partial charge in [0.15, 0.2) is 0 Å². The number of urea groups is 1. The molecule has 138 valence electrons. The lowest BCUT2D eigenvalue weighted by atomic mass is 9.86. The van der Waals surface area contributed by atoms with E-state index in [9.17, 15) is 14.4 Å². The van der Waals surface area contributed by atoms with Gasteiger partial charge in [-0.25, -0.2) is 4.79 Å². The SMILES string of the molecule is Cn1c(=O)c(CNC(=O)NC2CCC(C(=O)O)CC2)cc2ccccc21. The van der Waals surface area contributed by atoms with Crippen molar-refractivity contribution in [2.24, 2.45) is 13.0 Å². The third-order valence-corrected chi connectivity index (χ3v) is 5.06. The molecule has 0 unspecified atom stereocenters. The first-order valence-corrected chi connectivity index (χ1v) is 8.80. The van der Waals surface area contributed by atoms with Crippen molar-refractivity contribution in [3.63, 3.8) is 0 Å². The number of hydrogen-bond donors (Lipinski definition) is 3. The van der Waals surface area contributed by atoms with Gasteiger partial charge in [-0.2, -0.15) is 0 Å². The van der Waals surface area contributed by atoms with E-state index >= 15 is 0 Å². The number of rotatable bonds is 4.